The van der Waals surface area contributed by atoms with Gasteiger partial charge in [-0.05, 0) is 24.5 Å². The third-order valence-electron chi connectivity index (χ3n) is 2.38. The van der Waals surface area contributed by atoms with Crippen LogP contribution in [0.2, 0.25) is 0 Å². The molecule has 5 nitrogen and oxygen atoms in total. The number of aromatic nitrogens is 1. The van der Waals surface area contributed by atoms with Crippen molar-refractivity contribution in [1.82, 2.24) is 10.3 Å². The average Bonchev–Trinajstić information content (AvgIpc) is 2.36. The monoisotopic (exact) mass is 264 g/mol. The second kappa shape index (κ2) is 7.51. The summed E-state index contributed by atoms with van der Waals surface area (Å²) in [4.78, 5) is 27.2. The molecule has 0 saturated heterocycles. The molecule has 1 rings (SSSR count). The zero-order valence-corrected chi connectivity index (χ0v) is 11.6. The maximum Gasteiger partial charge on any atom is 0.328 e. The van der Waals surface area contributed by atoms with E-state index in [9.17, 15) is 9.59 Å². The normalized spacial score (nSPS) is 12.0. The molecule has 5 heteroatoms. The van der Waals surface area contributed by atoms with E-state index < -0.39 is 12.0 Å². The van der Waals surface area contributed by atoms with Gasteiger partial charge in [-0.2, -0.15) is 0 Å². The van der Waals surface area contributed by atoms with Crippen LogP contribution >= 0.6 is 0 Å². The lowest BCUT2D eigenvalue weighted by Gasteiger charge is -2.14. The van der Waals surface area contributed by atoms with Gasteiger partial charge in [0.1, 0.15) is 6.04 Å². The predicted molar refractivity (Wildman–Crippen MR) is 71.3 cm³/mol. The molecule has 0 fully saturated rings. The van der Waals surface area contributed by atoms with E-state index in [1.807, 2.05) is 19.9 Å². The first-order chi connectivity index (χ1) is 8.99. The van der Waals surface area contributed by atoms with Crippen LogP contribution in [0.3, 0.4) is 0 Å². The Kier molecular flexibility index (Phi) is 5.99. The number of pyridine rings is 1. The minimum Gasteiger partial charge on any atom is -0.464 e. The molecule has 1 aromatic rings. The number of hydrogen-bond acceptors (Lipinski definition) is 4. The van der Waals surface area contributed by atoms with Gasteiger partial charge in [-0.25, -0.2) is 4.79 Å². The summed E-state index contributed by atoms with van der Waals surface area (Å²) in [5.41, 5.74) is 0.808. The van der Waals surface area contributed by atoms with Crippen LogP contribution in [0.4, 0.5) is 0 Å². The molecule has 0 spiro atoms. The molecule has 104 valence electrons. The van der Waals surface area contributed by atoms with Gasteiger partial charge in [0.25, 0.3) is 0 Å². The molecule has 1 heterocycles. The summed E-state index contributed by atoms with van der Waals surface area (Å²) < 4.78 is 5.05. The Morgan fingerprint density at radius 1 is 1.37 bits per heavy atom. The van der Waals surface area contributed by atoms with Crippen LogP contribution in [-0.4, -0.2) is 29.5 Å². The first kappa shape index (κ1) is 15.1. The van der Waals surface area contributed by atoms with Gasteiger partial charge in [0, 0.05) is 12.4 Å². The fourth-order valence-corrected chi connectivity index (χ4v) is 1.41. The van der Waals surface area contributed by atoms with Crippen molar-refractivity contribution in [3.63, 3.8) is 0 Å². The van der Waals surface area contributed by atoms with Crippen molar-refractivity contribution in [2.45, 2.75) is 33.2 Å². The number of nitrogens with zero attached hydrogens (tertiary/aromatic N) is 1. The summed E-state index contributed by atoms with van der Waals surface area (Å²) in [5.74, 6) is -0.350. The molecule has 1 N–H and O–H groups in total. The number of amides is 1. The number of ether oxygens (including phenoxy) is 1. The lowest BCUT2D eigenvalue weighted by atomic mass is 10.2. The Morgan fingerprint density at radius 2 is 2.11 bits per heavy atom. The van der Waals surface area contributed by atoms with Crippen molar-refractivity contribution < 1.29 is 14.3 Å². The highest BCUT2D eigenvalue weighted by molar-refractivity contribution is 5.85. The van der Waals surface area contributed by atoms with Crippen molar-refractivity contribution in [1.29, 1.82) is 0 Å². The first-order valence-corrected chi connectivity index (χ1v) is 6.34. The van der Waals surface area contributed by atoms with E-state index >= 15 is 0 Å². The highest BCUT2D eigenvalue weighted by atomic mass is 16.5. The Morgan fingerprint density at radius 3 is 2.68 bits per heavy atom. The molecule has 0 aliphatic heterocycles. The summed E-state index contributed by atoms with van der Waals surface area (Å²) in [6.45, 7) is 5.89. The minimum absolute atomic E-state index is 0.204. The summed E-state index contributed by atoms with van der Waals surface area (Å²) in [7, 11) is 0. The van der Waals surface area contributed by atoms with E-state index in [0.29, 0.717) is 6.61 Å². The van der Waals surface area contributed by atoms with E-state index in [0.717, 1.165) is 5.56 Å². The zero-order chi connectivity index (χ0) is 14.3. The molecular weight excluding hydrogens is 244 g/mol. The molecule has 19 heavy (non-hydrogen) atoms. The molecule has 0 radical (unpaired) electrons. The molecule has 0 saturated carbocycles. The van der Waals surface area contributed by atoms with Gasteiger partial charge in [-0.3, -0.25) is 9.78 Å². The van der Waals surface area contributed by atoms with Crippen molar-refractivity contribution in [2.24, 2.45) is 5.92 Å². The van der Waals surface area contributed by atoms with Crippen LogP contribution < -0.4 is 5.32 Å². The quantitative estimate of drug-likeness (QED) is 0.787. The van der Waals surface area contributed by atoms with Gasteiger partial charge in [0.15, 0.2) is 0 Å². The van der Waals surface area contributed by atoms with Gasteiger partial charge in [-0.1, -0.05) is 19.9 Å². The molecule has 1 aromatic heterocycles. The molecule has 0 aliphatic carbocycles. The fraction of sp³-hybridized carbons (Fsp3) is 0.500. The minimum atomic E-state index is -0.636. The Labute approximate surface area is 113 Å². The molecule has 1 atom stereocenters. The average molecular weight is 264 g/mol. The number of rotatable bonds is 6. The van der Waals surface area contributed by atoms with Crippen LogP contribution in [0.5, 0.6) is 0 Å². The number of hydrogen-bond donors (Lipinski definition) is 1. The summed E-state index contributed by atoms with van der Waals surface area (Å²) >= 11 is 0. The predicted octanol–water partition coefficient (Wildman–Crippen LogP) is 1.33. The number of esters is 1. The van der Waals surface area contributed by atoms with Crippen molar-refractivity contribution in [3.8, 4) is 0 Å². The lowest BCUT2D eigenvalue weighted by Crippen LogP contribution is -2.40. The highest BCUT2D eigenvalue weighted by Crippen LogP contribution is 1.99. The summed E-state index contributed by atoms with van der Waals surface area (Å²) in [5, 5.41) is 2.61. The summed E-state index contributed by atoms with van der Waals surface area (Å²) in [6.07, 6.45) is 3.48. The SMILES string of the molecule is CC(C)COC(=O)C(C)NC(=O)Cc1cccnc1. The van der Waals surface area contributed by atoms with Gasteiger partial charge in [0.2, 0.25) is 5.91 Å². The fourth-order valence-electron chi connectivity index (χ4n) is 1.41. The van der Waals surface area contributed by atoms with Crippen molar-refractivity contribution in [3.05, 3.63) is 30.1 Å². The third kappa shape index (κ3) is 5.99. The van der Waals surface area contributed by atoms with E-state index in [-0.39, 0.29) is 18.2 Å². The van der Waals surface area contributed by atoms with E-state index in [2.05, 4.69) is 10.3 Å². The van der Waals surface area contributed by atoms with Crippen LogP contribution in [0.15, 0.2) is 24.5 Å². The Bertz CT molecular complexity index is 418. The van der Waals surface area contributed by atoms with Crippen molar-refractivity contribution >= 4 is 11.9 Å². The van der Waals surface area contributed by atoms with Crippen LogP contribution in [0.25, 0.3) is 0 Å². The molecule has 0 aromatic carbocycles. The van der Waals surface area contributed by atoms with Gasteiger partial charge in [-0.15, -0.1) is 0 Å². The largest absolute Gasteiger partial charge is 0.464 e. The molecule has 1 unspecified atom stereocenters. The first-order valence-electron chi connectivity index (χ1n) is 6.34. The van der Waals surface area contributed by atoms with E-state index in [1.165, 1.54) is 0 Å². The molecule has 1 amide bonds. The molecule has 0 bridgehead atoms. The Hall–Kier alpha value is -1.91. The maximum absolute atomic E-state index is 11.7. The smallest absolute Gasteiger partial charge is 0.328 e. The number of carbonyl (C=O) groups is 2. The second-order valence-electron chi connectivity index (χ2n) is 4.85. The van der Waals surface area contributed by atoms with E-state index in [4.69, 9.17) is 4.74 Å². The van der Waals surface area contributed by atoms with Gasteiger partial charge in [0.05, 0.1) is 13.0 Å². The van der Waals surface area contributed by atoms with Gasteiger partial charge >= 0.3 is 5.97 Å². The van der Waals surface area contributed by atoms with Crippen LogP contribution in [-0.2, 0) is 20.7 Å². The topological polar surface area (TPSA) is 68.3 Å². The highest BCUT2D eigenvalue weighted by Gasteiger charge is 2.17. The molecular formula is C14H20N2O3. The number of nitrogens with one attached hydrogen (secondary N) is 1. The molecule has 0 aliphatic rings. The number of carbonyl (C=O) groups excluding carboxylic acids is 2. The lowest BCUT2D eigenvalue weighted by molar-refractivity contribution is -0.148. The van der Waals surface area contributed by atoms with Gasteiger partial charge < -0.3 is 10.1 Å². The standard InChI is InChI=1S/C14H20N2O3/c1-10(2)9-19-14(18)11(3)16-13(17)7-12-5-4-6-15-8-12/h4-6,8,10-11H,7,9H2,1-3H3,(H,16,17). The van der Waals surface area contributed by atoms with Crippen molar-refractivity contribution in [2.75, 3.05) is 6.61 Å². The second-order valence-corrected chi connectivity index (χ2v) is 4.85. The zero-order valence-electron chi connectivity index (χ0n) is 11.6. The summed E-state index contributed by atoms with van der Waals surface area (Å²) in [6, 6.07) is 2.94. The third-order valence-corrected chi connectivity index (χ3v) is 2.38. The Balaban J connectivity index is 2.37. The van der Waals surface area contributed by atoms with Crippen LogP contribution in [0, 0.1) is 5.92 Å². The maximum atomic E-state index is 11.7. The van der Waals surface area contributed by atoms with Crippen LogP contribution in [0.1, 0.15) is 26.3 Å². The van der Waals surface area contributed by atoms with E-state index in [1.54, 1.807) is 25.4 Å².